The maximum Gasteiger partial charge on any atom is 0.254 e. The zero-order chi connectivity index (χ0) is 13.2. The van der Waals surface area contributed by atoms with Crippen molar-refractivity contribution < 1.29 is 9.59 Å². The number of fused-ring (bicyclic) bond motifs is 1. The van der Waals surface area contributed by atoms with Gasteiger partial charge in [0.15, 0.2) is 0 Å². The number of amides is 2. The number of hydrogen-bond acceptors (Lipinski definition) is 2. The number of likely N-dealkylation sites (tertiary alicyclic amines) is 1. The van der Waals surface area contributed by atoms with Gasteiger partial charge in [-0.2, -0.15) is 0 Å². The fraction of sp³-hybridized carbons (Fsp3) is 0.467. The van der Waals surface area contributed by atoms with Crippen LogP contribution < -0.4 is 0 Å². The molecule has 3 rings (SSSR count). The zero-order valence-corrected chi connectivity index (χ0v) is 11.0. The minimum Gasteiger partial charge on any atom is -0.341 e. The summed E-state index contributed by atoms with van der Waals surface area (Å²) in [5.74, 6) is 0.0830. The van der Waals surface area contributed by atoms with E-state index in [0.717, 1.165) is 43.5 Å². The van der Waals surface area contributed by atoms with Gasteiger partial charge in [-0.1, -0.05) is 18.2 Å². The Labute approximate surface area is 113 Å². The Bertz CT molecular complexity index is 507. The van der Waals surface area contributed by atoms with E-state index in [0.29, 0.717) is 6.54 Å². The van der Waals surface area contributed by atoms with Gasteiger partial charge in [0.1, 0.15) is 6.54 Å². The molecular formula is C15H18N2O2. The van der Waals surface area contributed by atoms with Gasteiger partial charge >= 0.3 is 0 Å². The molecule has 0 radical (unpaired) electrons. The van der Waals surface area contributed by atoms with Crippen molar-refractivity contribution in [1.29, 1.82) is 0 Å². The molecule has 2 aliphatic heterocycles. The van der Waals surface area contributed by atoms with E-state index in [1.165, 1.54) is 0 Å². The molecule has 4 nitrogen and oxygen atoms in total. The Morgan fingerprint density at radius 1 is 1.11 bits per heavy atom. The van der Waals surface area contributed by atoms with Crippen molar-refractivity contribution in [2.75, 3.05) is 26.2 Å². The summed E-state index contributed by atoms with van der Waals surface area (Å²) in [6, 6.07) is 7.68. The van der Waals surface area contributed by atoms with Crippen LogP contribution in [0.1, 0.15) is 28.8 Å². The maximum atomic E-state index is 12.3. The lowest BCUT2D eigenvalue weighted by atomic mass is 9.99. The van der Waals surface area contributed by atoms with E-state index in [-0.39, 0.29) is 18.4 Å². The quantitative estimate of drug-likeness (QED) is 0.802. The first-order chi connectivity index (χ1) is 9.25. The van der Waals surface area contributed by atoms with Gasteiger partial charge in [0, 0.05) is 25.2 Å². The van der Waals surface area contributed by atoms with Crippen LogP contribution in [0.2, 0.25) is 0 Å². The standard InChI is InChI=1S/C15H18N2O2/c18-14(16-8-3-4-9-16)11-17-10-7-12-5-1-2-6-13(12)15(17)19/h1-2,5-6H,3-4,7-11H2. The molecule has 19 heavy (non-hydrogen) atoms. The second-order valence-corrected chi connectivity index (χ2v) is 5.22. The Balaban J connectivity index is 1.70. The monoisotopic (exact) mass is 258 g/mol. The van der Waals surface area contributed by atoms with E-state index in [1.54, 1.807) is 4.90 Å². The van der Waals surface area contributed by atoms with E-state index in [4.69, 9.17) is 0 Å². The van der Waals surface area contributed by atoms with Crippen molar-refractivity contribution in [3.05, 3.63) is 35.4 Å². The van der Waals surface area contributed by atoms with E-state index in [2.05, 4.69) is 0 Å². The fourth-order valence-corrected chi connectivity index (χ4v) is 2.85. The topological polar surface area (TPSA) is 40.6 Å². The summed E-state index contributed by atoms with van der Waals surface area (Å²) in [5, 5.41) is 0. The molecule has 1 aromatic rings. The molecule has 4 heteroatoms. The lowest BCUT2D eigenvalue weighted by Gasteiger charge is -2.29. The highest BCUT2D eigenvalue weighted by atomic mass is 16.2. The third-order valence-electron chi connectivity index (χ3n) is 3.97. The molecule has 0 bridgehead atoms. The minimum absolute atomic E-state index is 0.00519. The van der Waals surface area contributed by atoms with Crippen molar-refractivity contribution in [2.24, 2.45) is 0 Å². The molecule has 0 spiro atoms. The van der Waals surface area contributed by atoms with Gasteiger partial charge < -0.3 is 9.80 Å². The predicted octanol–water partition coefficient (Wildman–Crippen LogP) is 1.31. The van der Waals surface area contributed by atoms with Gasteiger partial charge in [0.25, 0.3) is 5.91 Å². The smallest absolute Gasteiger partial charge is 0.254 e. The third-order valence-corrected chi connectivity index (χ3v) is 3.97. The fourth-order valence-electron chi connectivity index (χ4n) is 2.85. The molecule has 1 fully saturated rings. The molecule has 100 valence electrons. The maximum absolute atomic E-state index is 12.3. The largest absolute Gasteiger partial charge is 0.341 e. The van der Waals surface area contributed by atoms with Crippen LogP contribution in [0.25, 0.3) is 0 Å². The van der Waals surface area contributed by atoms with Crippen LogP contribution in [0.5, 0.6) is 0 Å². The van der Waals surface area contributed by atoms with Crippen LogP contribution in [0.3, 0.4) is 0 Å². The average molecular weight is 258 g/mol. The lowest BCUT2D eigenvalue weighted by molar-refractivity contribution is -0.130. The molecule has 2 heterocycles. The Kier molecular flexibility index (Phi) is 3.23. The first kappa shape index (κ1) is 12.2. The number of hydrogen-bond donors (Lipinski definition) is 0. The van der Waals surface area contributed by atoms with Crippen LogP contribution in [0, 0.1) is 0 Å². The summed E-state index contributed by atoms with van der Waals surface area (Å²) in [5.41, 5.74) is 1.85. The summed E-state index contributed by atoms with van der Waals surface area (Å²) in [6.45, 7) is 2.57. The molecule has 0 unspecified atom stereocenters. The van der Waals surface area contributed by atoms with Crippen molar-refractivity contribution in [2.45, 2.75) is 19.3 Å². The highest BCUT2D eigenvalue weighted by molar-refractivity contribution is 5.98. The molecule has 1 aromatic carbocycles. The number of rotatable bonds is 2. The summed E-state index contributed by atoms with van der Waals surface area (Å²) in [6.07, 6.45) is 3.01. The summed E-state index contributed by atoms with van der Waals surface area (Å²) >= 11 is 0. The van der Waals surface area contributed by atoms with Crippen LogP contribution in [-0.4, -0.2) is 47.8 Å². The van der Waals surface area contributed by atoms with Crippen molar-refractivity contribution in [3.63, 3.8) is 0 Å². The minimum atomic E-state index is -0.00519. The Morgan fingerprint density at radius 3 is 2.63 bits per heavy atom. The van der Waals surface area contributed by atoms with Crippen LogP contribution >= 0.6 is 0 Å². The summed E-state index contributed by atoms with van der Waals surface area (Å²) < 4.78 is 0. The number of carbonyl (C=O) groups is 2. The molecule has 0 aromatic heterocycles. The van der Waals surface area contributed by atoms with Crippen LogP contribution in [0.15, 0.2) is 24.3 Å². The SMILES string of the molecule is O=C(CN1CCc2ccccc2C1=O)N1CCCC1. The van der Waals surface area contributed by atoms with Crippen LogP contribution in [-0.2, 0) is 11.2 Å². The van der Waals surface area contributed by atoms with E-state index in [9.17, 15) is 9.59 Å². The van der Waals surface area contributed by atoms with Crippen molar-refractivity contribution in [1.82, 2.24) is 9.80 Å². The summed E-state index contributed by atoms with van der Waals surface area (Å²) in [7, 11) is 0. The van der Waals surface area contributed by atoms with Crippen molar-refractivity contribution >= 4 is 11.8 Å². The zero-order valence-electron chi connectivity index (χ0n) is 11.0. The molecule has 0 atom stereocenters. The van der Waals surface area contributed by atoms with E-state index in [1.807, 2.05) is 29.2 Å². The van der Waals surface area contributed by atoms with E-state index < -0.39 is 0 Å². The molecule has 0 N–H and O–H groups in total. The van der Waals surface area contributed by atoms with Crippen LogP contribution in [0.4, 0.5) is 0 Å². The second-order valence-electron chi connectivity index (χ2n) is 5.22. The third kappa shape index (κ3) is 2.35. The Hall–Kier alpha value is -1.84. The van der Waals surface area contributed by atoms with Crippen molar-refractivity contribution in [3.8, 4) is 0 Å². The van der Waals surface area contributed by atoms with Gasteiger partial charge in [-0.3, -0.25) is 9.59 Å². The highest BCUT2D eigenvalue weighted by Crippen LogP contribution is 2.19. The average Bonchev–Trinajstić information content (AvgIpc) is 2.96. The number of nitrogens with zero attached hydrogens (tertiary/aromatic N) is 2. The lowest BCUT2D eigenvalue weighted by Crippen LogP contribution is -2.45. The van der Waals surface area contributed by atoms with E-state index >= 15 is 0 Å². The molecule has 0 saturated carbocycles. The molecule has 2 amide bonds. The first-order valence-electron chi connectivity index (χ1n) is 6.90. The number of benzene rings is 1. The highest BCUT2D eigenvalue weighted by Gasteiger charge is 2.27. The van der Waals surface area contributed by atoms with Gasteiger partial charge in [-0.25, -0.2) is 0 Å². The summed E-state index contributed by atoms with van der Waals surface area (Å²) in [4.78, 5) is 28.0. The predicted molar refractivity (Wildman–Crippen MR) is 71.9 cm³/mol. The molecule has 2 aliphatic rings. The van der Waals surface area contributed by atoms with Gasteiger partial charge in [-0.05, 0) is 30.9 Å². The van der Waals surface area contributed by atoms with Gasteiger partial charge in [0.2, 0.25) is 5.91 Å². The first-order valence-corrected chi connectivity index (χ1v) is 6.90. The van der Waals surface area contributed by atoms with Gasteiger partial charge in [0.05, 0.1) is 0 Å². The number of carbonyl (C=O) groups excluding carboxylic acids is 2. The second kappa shape index (κ2) is 5.03. The molecule has 0 aliphatic carbocycles. The van der Waals surface area contributed by atoms with Gasteiger partial charge in [-0.15, -0.1) is 0 Å². The molecule has 1 saturated heterocycles. The normalized spacial score (nSPS) is 18.6. The molecular weight excluding hydrogens is 240 g/mol. The Morgan fingerprint density at radius 2 is 1.84 bits per heavy atom.